The molecule has 0 spiro atoms. The van der Waals surface area contributed by atoms with E-state index in [4.69, 9.17) is 4.74 Å². The largest absolute Gasteiger partial charge is 0.494 e. The molecular formula is C19H29NO. The second kappa shape index (κ2) is 8.89. The zero-order chi connectivity index (χ0) is 14.9. The van der Waals surface area contributed by atoms with Crippen LogP contribution in [0.5, 0.6) is 5.75 Å². The van der Waals surface area contributed by atoms with Crippen molar-refractivity contribution in [3.05, 3.63) is 41.5 Å². The lowest BCUT2D eigenvalue weighted by atomic mass is 9.91. The van der Waals surface area contributed by atoms with Gasteiger partial charge in [0.15, 0.2) is 0 Å². The average molecular weight is 287 g/mol. The number of nitrogens with one attached hydrogen (secondary N) is 1. The fourth-order valence-electron chi connectivity index (χ4n) is 3.05. The maximum absolute atomic E-state index is 5.78. The standard InChI is InChI=1S/C19H29NO/c1-3-14-21-18-13-9-12-17(15-18)19(20-2)16-10-7-5-4-6-8-11-16/h9-10,12-13,15,19-20H,3-8,11,14H2,1-2H3/b16-10+. The van der Waals surface area contributed by atoms with Crippen LogP contribution in [0, 0.1) is 0 Å². The van der Waals surface area contributed by atoms with Crippen LogP contribution in [0.1, 0.15) is 63.5 Å². The van der Waals surface area contributed by atoms with Crippen molar-refractivity contribution in [2.75, 3.05) is 13.7 Å². The van der Waals surface area contributed by atoms with Crippen LogP contribution in [0.15, 0.2) is 35.9 Å². The maximum Gasteiger partial charge on any atom is 0.119 e. The molecule has 116 valence electrons. The Morgan fingerprint density at radius 2 is 2.05 bits per heavy atom. The summed E-state index contributed by atoms with van der Waals surface area (Å²) in [6.45, 7) is 2.93. The first-order valence-electron chi connectivity index (χ1n) is 8.44. The lowest BCUT2D eigenvalue weighted by Crippen LogP contribution is -2.19. The minimum Gasteiger partial charge on any atom is -0.494 e. The third kappa shape index (κ3) is 4.89. The molecule has 2 heteroatoms. The molecule has 0 bridgehead atoms. The first-order chi connectivity index (χ1) is 10.3. The van der Waals surface area contributed by atoms with Gasteiger partial charge in [0.2, 0.25) is 0 Å². The highest BCUT2D eigenvalue weighted by Crippen LogP contribution is 2.30. The molecule has 0 saturated carbocycles. The van der Waals surface area contributed by atoms with Gasteiger partial charge in [0.05, 0.1) is 12.6 Å². The summed E-state index contributed by atoms with van der Waals surface area (Å²) in [6, 6.07) is 8.89. The Bertz CT molecular complexity index is 453. The molecule has 2 nitrogen and oxygen atoms in total. The topological polar surface area (TPSA) is 21.3 Å². The number of hydrogen-bond donors (Lipinski definition) is 1. The van der Waals surface area contributed by atoms with E-state index in [0.717, 1.165) is 18.8 Å². The number of allylic oxidation sites excluding steroid dienone is 1. The quantitative estimate of drug-likeness (QED) is 0.742. The lowest BCUT2D eigenvalue weighted by molar-refractivity contribution is 0.317. The van der Waals surface area contributed by atoms with Crippen LogP contribution in [-0.4, -0.2) is 13.7 Å². The summed E-state index contributed by atoms with van der Waals surface area (Å²) < 4.78 is 5.78. The second-order valence-electron chi connectivity index (χ2n) is 5.87. The molecule has 2 rings (SSSR count). The van der Waals surface area contributed by atoms with E-state index in [2.05, 4.69) is 49.6 Å². The Morgan fingerprint density at radius 1 is 1.19 bits per heavy atom. The second-order valence-corrected chi connectivity index (χ2v) is 5.87. The number of hydrogen-bond acceptors (Lipinski definition) is 2. The fraction of sp³-hybridized carbons (Fsp3) is 0.579. The molecule has 1 N–H and O–H groups in total. The van der Waals surface area contributed by atoms with Crippen LogP contribution in [-0.2, 0) is 0 Å². The highest BCUT2D eigenvalue weighted by atomic mass is 16.5. The van der Waals surface area contributed by atoms with Gasteiger partial charge in [-0.2, -0.15) is 0 Å². The lowest BCUT2D eigenvalue weighted by Gasteiger charge is -2.23. The predicted molar refractivity (Wildman–Crippen MR) is 89.8 cm³/mol. The monoisotopic (exact) mass is 287 g/mol. The van der Waals surface area contributed by atoms with Gasteiger partial charge in [-0.15, -0.1) is 0 Å². The Labute approximate surface area is 129 Å². The zero-order valence-electron chi connectivity index (χ0n) is 13.5. The normalized spacial score (nSPS) is 20.0. The van der Waals surface area contributed by atoms with E-state index in [0.29, 0.717) is 6.04 Å². The van der Waals surface area contributed by atoms with Crippen LogP contribution < -0.4 is 10.1 Å². The molecule has 1 aromatic carbocycles. The summed E-state index contributed by atoms with van der Waals surface area (Å²) in [7, 11) is 2.06. The Hall–Kier alpha value is -1.28. The van der Waals surface area contributed by atoms with Crippen molar-refractivity contribution in [1.82, 2.24) is 5.32 Å². The Morgan fingerprint density at radius 3 is 2.86 bits per heavy atom. The van der Waals surface area contributed by atoms with Crippen molar-refractivity contribution in [3.63, 3.8) is 0 Å². The number of ether oxygens (including phenoxy) is 1. The van der Waals surface area contributed by atoms with Crippen molar-refractivity contribution in [3.8, 4) is 5.75 Å². The van der Waals surface area contributed by atoms with E-state index in [1.165, 1.54) is 44.1 Å². The van der Waals surface area contributed by atoms with Gasteiger partial charge in [0.1, 0.15) is 5.75 Å². The van der Waals surface area contributed by atoms with Crippen LogP contribution in [0.2, 0.25) is 0 Å². The van der Waals surface area contributed by atoms with E-state index in [1.807, 2.05) is 0 Å². The van der Waals surface area contributed by atoms with Gasteiger partial charge in [-0.1, -0.05) is 43.5 Å². The third-order valence-corrected chi connectivity index (χ3v) is 4.15. The summed E-state index contributed by atoms with van der Waals surface area (Å²) >= 11 is 0. The van der Waals surface area contributed by atoms with E-state index in [9.17, 15) is 0 Å². The third-order valence-electron chi connectivity index (χ3n) is 4.15. The van der Waals surface area contributed by atoms with Crippen LogP contribution in [0.25, 0.3) is 0 Å². The van der Waals surface area contributed by atoms with Gasteiger partial charge in [-0.05, 0) is 56.8 Å². The Kier molecular flexibility index (Phi) is 6.81. The SMILES string of the molecule is CCCOc1cccc(C(NC)/C2=C/CCCCCC2)c1. The first kappa shape index (κ1) is 16.1. The van der Waals surface area contributed by atoms with Gasteiger partial charge in [0, 0.05) is 0 Å². The molecule has 1 aromatic rings. The summed E-state index contributed by atoms with van der Waals surface area (Å²) in [6.07, 6.45) is 11.3. The van der Waals surface area contributed by atoms with Gasteiger partial charge in [-0.25, -0.2) is 0 Å². The number of rotatable bonds is 6. The molecule has 0 aromatic heterocycles. The molecule has 1 atom stereocenters. The minimum absolute atomic E-state index is 0.327. The van der Waals surface area contributed by atoms with Crippen molar-refractivity contribution in [1.29, 1.82) is 0 Å². The summed E-state index contributed by atoms with van der Waals surface area (Å²) in [5, 5.41) is 3.50. The van der Waals surface area contributed by atoms with E-state index in [1.54, 1.807) is 5.57 Å². The average Bonchev–Trinajstić information content (AvgIpc) is 2.48. The number of benzene rings is 1. The van der Waals surface area contributed by atoms with Crippen molar-refractivity contribution < 1.29 is 4.74 Å². The molecule has 0 heterocycles. The molecule has 0 saturated heterocycles. The Balaban J connectivity index is 2.15. The van der Waals surface area contributed by atoms with Gasteiger partial charge in [-0.3, -0.25) is 0 Å². The molecular weight excluding hydrogens is 258 g/mol. The molecule has 0 radical (unpaired) electrons. The van der Waals surface area contributed by atoms with E-state index < -0.39 is 0 Å². The highest BCUT2D eigenvalue weighted by molar-refractivity contribution is 5.35. The summed E-state index contributed by atoms with van der Waals surface area (Å²) in [5.41, 5.74) is 2.86. The molecule has 1 aliphatic rings. The number of likely N-dealkylation sites (N-methyl/N-ethyl adjacent to an activating group) is 1. The molecule has 1 aliphatic carbocycles. The van der Waals surface area contributed by atoms with Crippen molar-refractivity contribution in [2.45, 2.75) is 57.9 Å². The molecule has 1 unspecified atom stereocenters. The summed E-state index contributed by atoms with van der Waals surface area (Å²) in [5.74, 6) is 0.987. The smallest absolute Gasteiger partial charge is 0.119 e. The maximum atomic E-state index is 5.78. The van der Waals surface area contributed by atoms with Gasteiger partial charge < -0.3 is 10.1 Å². The van der Waals surface area contributed by atoms with E-state index >= 15 is 0 Å². The minimum atomic E-state index is 0.327. The van der Waals surface area contributed by atoms with Gasteiger partial charge >= 0.3 is 0 Å². The molecule has 0 fully saturated rings. The zero-order valence-corrected chi connectivity index (χ0v) is 13.5. The van der Waals surface area contributed by atoms with Gasteiger partial charge in [0.25, 0.3) is 0 Å². The highest BCUT2D eigenvalue weighted by Gasteiger charge is 2.16. The van der Waals surface area contributed by atoms with Crippen molar-refractivity contribution in [2.24, 2.45) is 0 Å². The van der Waals surface area contributed by atoms with E-state index in [-0.39, 0.29) is 0 Å². The van der Waals surface area contributed by atoms with Crippen LogP contribution >= 0.6 is 0 Å². The van der Waals surface area contributed by atoms with Crippen LogP contribution in [0.3, 0.4) is 0 Å². The van der Waals surface area contributed by atoms with Crippen molar-refractivity contribution >= 4 is 0 Å². The fourth-order valence-corrected chi connectivity index (χ4v) is 3.05. The first-order valence-corrected chi connectivity index (χ1v) is 8.44. The molecule has 0 amide bonds. The van der Waals surface area contributed by atoms with Crippen LogP contribution in [0.4, 0.5) is 0 Å². The predicted octanol–water partition coefficient (Wildman–Crippen LogP) is 5.02. The molecule has 21 heavy (non-hydrogen) atoms. The summed E-state index contributed by atoms with van der Waals surface area (Å²) in [4.78, 5) is 0. The molecule has 0 aliphatic heterocycles.